The number of nitrogens with zero attached hydrogens (tertiary/aromatic N) is 1. The Bertz CT molecular complexity index is 364. The summed E-state index contributed by atoms with van der Waals surface area (Å²) in [5.74, 6) is 0. The molecular formula is C15H23NO. The summed E-state index contributed by atoms with van der Waals surface area (Å²) in [5.41, 5.74) is 2.04. The molecule has 1 N–H and O–H groups in total. The van der Waals surface area contributed by atoms with E-state index in [9.17, 15) is 5.11 Å². The van der Waals surface area contributed by atoms with E-state index >= 15 is 0 Å². The maximum atomic E-state index is 10.2. The molecule has 0 radical (unpaired) electrons. The van der Waals surface area contributed by atoms with Gasteiger partial charge in [0.2, 0.25) is 0 Å². The van der Waals surface area contributed by atoms with Crippen LogP contribution < -0.4 is 0 Å². The first-order valence-corrected chi connectivity index (χ1v) is 6.49. The fourth-order valence-corrected chi connectivity index (χ4v) is 2.74. The molecule has 2 rings (SSSR count). The lowest BCUT2D eigenvalue weighted by Gasteiger charge is -2.33. The Kier molecular flexibility index (Phi) is 3.55. The third-order valence-corrected chi connectivity index (χ3v) is 3.69. The zero-order valence-corrected chi connectivity index (χ0v) is 11.1. The van der Waals surface area contributed by atoms with E-state index in [1.807, 2.05) is 13.8 Å². The first-order valence-electron chi connectivity index (χ1n) is 6.49. The predicted octanol–water partition coefficient (Wildman–Crippen LogP) is 2.73. The molecule has 1 aromatic carbocycles. The average molecular weight is 233 g/mol. The molecule has 94 valence electrons. The molecule has 1 heterocycles. The Hall–Kier alpha value is -0.860. The summed E-state index contributed by atoms with van der Waals surface area (Å²) in [7, 11) is 0. The summed E-state index contributed by atoms with van der Waals surface area (Å²) in [6.07, 6.45) is 2.30. The van der Waals surface area contributed by atoms with Gasteiger partial charge in [-0.25, -0.2) is 0 Å². The van der Waals surface area contributed by atoms with Crippen LogP contribution in [0.2, 0.25) is 0 Å². The molecule has 17 heavy (non-hydrogen) atoms. The van der Waals surface area contributed by atoms with Gasteiger partial charge in [0, 0.05) is 12.6 Å². The molecule has 1 aliphatic rings. The Balaban J connectivity index is 2.05. The fourth-order valence-electron chi connectivity index (χ4n) is 2.74. The van der Waals surface area contributed by atoms with Crippen LogP contribution in [0.3, 0.4) is 0 Å². The molecule has 1 fully saturated rings. The van der Waals surface area contributed by atoms with Crippen molar-refractivity contribution in [3.05, 3.63) is 35.4 Å². The molecule has 0 aliphatic carbocycles. The molecule has 0 saturated carbocycles. The highest BCUT2D eigenvalue weighted by molar-refractivity contribution is 5.21. The second-order valence-electron chi connectivity index (χ2n) is 5.77. The molecule has 1 aromatic rings. The number of likely N-dealkylation sites (tertiary alicyclic amines) is 1. The van der Waals surface area contributed by atoms with Gasteiger partial charge < -0.3 is 5.11 Å². The Morgan fingerprint density at radius 2 is 1.94 bits per heavy atom. The van der Waals surface area contributed by atoms with Gasteiger partial charge in [0.15, 0.2) is 0 Å². The second-order valence-corrected chi connectivity index (χ2v) is 5.77. The van der Waals surface area contributed by atoms with Crippen molar-refractivity contribution in [1.29, 1.82) is 0 Å². The van der Waals surface area contributed by atoms with E-state index in [0.29, 0.717) is 6.04 Å². The van der Waals surface area contributed by atoms with E-state index in [0.717, 1.165) is 19.5 Å². The van der Waals surface area contributed by atoms with Gasteiger partial charge in [-0.15, -0.1) is 0 Å². The SMILES string of the molecule is Cc1ccc(CN2CCCC2C(C)(C)O)cc1. The van der Waals surface area contributed by atoms with Gasteiger partial charge in [-0.05, 0) is 45.7 Å². The highest BCUT2D eigenvalue weighted by atomic mass is 16.3. The maximum Gasteiger partial charge on any atom is 0.0746 e. The monoisotopic (exact) mass is 233 g/mol. The second kappa shape index (κ2) is 4.79. The van der Waals surface area contributed by atoms with Gasteiger partial charge in [0.1, 0.15) is 0 Å². The molecule has 0 amide bonds. The van der Waals surface area contributed by atoms with Crippen molar-refractivity contribution in [3.63, 3.8) is 0 Å². The Labute approximate surface area is 104 Å². The smallest absolute Gasteiger partial charge is 0.0746 e. The van der Waals surface area contributed by atoms with Crippen molar-refractivity contribution >= 4 is 0 Å². The van der Waals surface area contributed by atoms with Crippen LogP contribution in [0.5, 0.6) is 0 Å². The van der Waals surface area contributed by atoms with Gasteiger partial charge in [0.05, 0.1) is 5.60 Å². The largest absolute Gasteiger partial charge is 0.389 e. The zero-order valence-electron chi connectivity index (χ0n) is 11.1. The van der Waals surface area contributed by atoms with Crippen LogP contribution in [-0.2, 0) is 6.54 Å². The van der Waals surface area contributed by atoms with Gasteiger partial charge in [0.25, 0.3) is 0 Å². The fraction of sp³-hybridized carbons (Fsp3) is 0.600. The van der Waals surface area contributed by atoms with Crippen molar-refractivity contribution in [3.8, 4) is 0 Å². The molecular weight excluding hydrogens is 210 g/mol. The zero-order chi connectivity index (χ0) is 12.5. The number of aliphatic hydroxyl groups is 1. The van der Waals surface area contributed by atoms with Gasteiger partial charge >= 0.3 is 0 Å². The van der Waals surface area contributed by atoms with Crippen LogP contribution in [0, 0.1) is 6.92 Å². The predicted molar refractivity (Wildman–Crippen MR) is 70.9 cm³/mol. The minimum absolute atomic E-state index is 0.295. The molecule has 2 nitrogen and oxygen atoms in total. The summed E-state index contributed by atoms with van der Waals surface area (Å²) in [6, 6.07) is 8.99. The Morgan fingerprint density at radius 1 is 1.29 bits per heavy atom. The van der Waals surface area contributed by atoms with E-state index in [2.05, 4.69) is 36.1 Å². The van der Waals surface area contributed by atoms with Crippen LogP contribution in [-0.4, -0.2) is 28.2 Å². The number of hydrogen-bond donors (Lipinski definition) is 1. The third kappa shape index (κ3) is 3.08. The van der Waals surface area contributed by atoms with Gasteiger partial charge in [-0.3, -0.25) is 4.90 Å². The highest BCUT2D eigenvalue weighted by Crippen LogP contribution is 2.28. The minimum atomic E-state index is -0.596. The van der Waals surface area contributed by atoms with E-state index in [1.54, 1.807) is 0 Å². The lowest BCUT2D eigenvalue weighted by molar-refractivity contribution is -0.00501. The van der Waals surface area contributed by atoms with Crippen molar-refractivity contribution < 1.29 is 5.11 Å². The molecule has 0 bridgehead atoms. The molecule has 2 heteroatoms. The van der Waals surface area contributed by atoms with Crippen molar-refractivity contribution in [2.24, 2.45) is 0 Å². The number of rotatable bonds is 3. The summed E-state index contributed by atoms with van der Waals surface area (Å²) < 4.78 is 0. The molecule has 1 atom stereocenters. The number of aryl methyl sites for hydroxylation is 1. The van der Waals surface area contributed by atoms with Crippen LogP contribution in [0.4, 0.5) is 0 Å². The molecule has 0 spiro atoms. The normalized spacial score (nSPS) is 22.0. The first-order chi connectivity index (χ1) is 7.97. The van der Waals surface area contributed by atoms with E-state index in [4.69, 9.17) is 0 Å². The molecule has 0 aromatic heterocycles. The molecule has 1 unspecified atom stereocenters. The number of hydrogen-bond acceptors (Lipinski definition) is 2. The lowest BCUT2D eigenvalue weighted by atomic mass is 9.96. The van der Waals surface area contributed by atoms with E-state index in [-0.39, 0.29) is 0 Å². The van der Waals surface area contributed by atoms with Crippen LogP contribution >= 0.6 is 0 Å². The van der Waals surface area contributed by atoms with Crippen molar-refractivity contribution in [1.82, 2.24) is 4.90 Å². The van der Waals surface area contributed by atoms with Gasteiger partial charge in [-0.1, -0.05) is 29.8 Å². The third-order valence-electron chi connectivity index (χ3n) is 3.69. The van der Waals surface area contributed by atoms with Crippen LogP contribution in [0.15, 0.2) is 24.3 Å². The highest BCUT2D eigenvalue weighted by Gasteiger charge is 2.35. The number of benzene rings is 1. The summed E-state index contributed by atoms with van der Waals surface area (Å²) >= 11 is 0. The van der Waals surface area contributed by atoms with Crippen molar-refractivity contribution in [2.45, 2.75) is 51.8 Å². The molecule has 1 saturated heterocycles. The molecule has 1 aliphatic heterocycles. The standard InChI is InChI=1S/C15H23NO/c1-12-6-8-13(9-7-12)11-16-10-4-5-14(16)15(2,3)17/h6-9,14,17H,4-5,10-11H2,1-3H3. The van der Waals surface area contributed by atoms with Crippen LogP contribution in [0.25, 0.3) is 0 Å². The topological polar surface area (TPSA) is 23.5 Å². The van der Waals surface area contributed by atoms with Gasteiger partial charge in [-0.2, -0.15) is 0 Å². The Morgan fingerprint density at radius 3 is 2.53 bits per heavy atom. The maximum absolute atomic E-state index is 10.2. The lowest BCUT2D eigenvalue weighted by Crippen LogP contribution is -2.45. The minimum Gasteiger partial charge on any atom is -0.389 e. The summed E-state index contributed by atoms with van der Waals surface area (Å²) in [5, 5.41) is 10.2. The first kappa shape index (κ1) is 12.6. The van der Waals surface area contributed by atoms with E-state index < -0.39 is 5.60 Å². The average Bonchev–Trinajstić information content (AvgIpc) is 2.69. The quantitative estimate of drug-likeness (QED) is 0.867. The summed E-state index contributed by atoms with van der Waals surface area (Å²) in [6.45, 7) is 8.01. The van der Waals surface area contributed by atoms with E-state index in [1.165, 1.54) is 17.5 Å². The van der Waals surface area contributed by atoms with Crippen LogP contribution in [0.1, 0.15) is 37.8 Å². The summed E-state index contributed by atoms with van der Waals surface area (Å²) in [4.78, 5) is 2.41. The van der Waals surface area contributed by atoms with Crippen molar-refractivity contribution in [2.75, 3.05) is 6.54 Å².